The summed E-state index contributed by atoms with van der Waals surface area (Å²) < 4.78 is 5.49. The lowest BCUT2D eigenvalue weighted by Crippen LogP contribution is -2.40. The number of anilines is 1. The van der Waals surface area contributed by atoms with Gasteiger partial charge in [-0.2, -0.15) is 5.26 Å². The van der Waals surface area contributed by atoms with Crippen molar-refractivity contribution in [3.63, 3.8) is 0 Å². The summed E-state index contributed by atoms with van der Waals surface area (Å²) in [6.07, 6.45) is 0.231. The lowest BCUT2D eigenvalue weighted by atomic mass is 10.2. The molecule has 0 bridgehead atoms. The lowest BCUT2D eigenvalue weighted by molar-refractivity contribution is -0.119. The topological polar surface area (TPSA) is 74.2 Å². The normalized spacial score (nSPS) is 18.9. The molecule has 0 aliphatic carbocycles. The molecule has 1 unspecified atom stereocenters. The number of hydrogen-bond acceptors (Lipinski definition) is 5. The zero-order valence-electron chi connectivity index (χ0n) is 11.1. The van der Waals surface area contributed by atoms with Gasteiger partial charge >= 0.3 is 0 Å². The molecule has 0 radical (unpaired) electrons. The molecule has 0 saturated carbocycles. The van der Waals surface area contributed by atoms with Crippen molar-refractivity contribution in [1.82, 2.24) is 5.32 Å². The second-order valence-corrected chi connectivity index (χ2v) is 5.77. The van der Waals surface area contributed by atoms with Crippen LogP contribution in [-0.2, 0) is 9.53 Å². The third-order valence-electron chi connectivity index (χ3n) is 3.17. The molecule has 2 heterocycles. The van der Waals surface area contributed by atoms with Crippen molar-refractivity contribution in [2.24, 2.45) is 0 Å². The van der Waals surface area contributed by atoms with E-state index in [1.54, 1.807) is 0 Å². The van der Waals surface area contributed by atoms with Crippen LogP contribution < -0.4 is 10.6 Å². The highest BCUT2D eigenvalue weighted by Gasteiger charge is 2.19. The Morgan fingerprint density at radius 1 is 1.63 bits per heavy atom. The Kier molecular flexibility index (Phi) is 4.53. The van der Waals surface area contributed by atoms with E-state index >= 15 is 0 Å². The SMILES string of the molecule is Cc1sc(NC(=O)CC2CNCCO2)c(C#N)c1C. The molecule has 1 aromatic heterocycles. The maximum absolute atomic E-state index is 11.9. The summed E-state index contributed by atoms with van der Waals surface area (Å²) in [7, 11) is 0. The summed E-state index contributed by atoms with van der Waals surface area (Å²) in [5.74, 6) is -0.105. The fraction of sp³-hybridized carbons (Fsp3) is 0.538. The number of rotatable bonds is 3. The number of carbonyl (C=O) groups is 1. The number of morpholine rings is 1. The molecule has 1 saturated heterocycles. The molecule has 1 aliphatic rings. The lowest BCUT2D eigenvalue weighted by Gasteiger charge is -2.22. The van der Waals surface area contributed by atoms with Crippen LogP contribution in [0.1, 0.15) is 22.4 Å². The van der Waals surface area contributed by atoms with E-state index in [2.05, 4.69) is 16.7 Å². The van der Waals surface area contributed by atoms with Crippen LogP contribution in [0.2, 0.25) is 0 Å². The van der Waals surface area contributed by atoms with Crippen LogP contribution in [0.5, 0.6) is 0 Å². The maximum Gasteiger partial charge on any atom is 0.227 e. The average molecular weight is 279 g/mol. The predicted octanol–water partition coefficient (Wildman–Crippen LogP) is 1.55. The summed E-state index contributed by atoms with van der Waals surface area (Å²) in [5, 5.41) is 15.8. The zero-order chi connectivity index (χ0) is 13.8. The van der Waals surface area contributed by atoms with Crippen molar-refractivity contribution in [2.45, 2.75) is 26.4 Å². The van der Waals surface area contributed by atoms with Crippen LogP contribution in [0.3, 0.4) is 0 Å². The molecule has 19 heavy (non-hydrogen) atoms. The Labute approximate surface area is 116 Å². The van der Waals surface area contributed by atoms with Crippen molar-refractivity contribution in [3.05, 3.63) is 16.0 Å². The van der Waals surface area contributed by atoms with Gasteiger partial charge in [0.1, 0.15) is 11.1 Å². The van der Waals surface area contributed by atoms with Crippen molar-refractivity contribution in [3.8, 4) is 6.07 Å². The van der Waals surface area contributed by atoms with Crippen LogP contribution >= 0.6 is 11.3 Å². The van der Waals surface area contributed by atoms with Crippen molar-refractivity contribution < 1.29 is 9.53 Å². The van der Waals surface area contributed by atoms with E-state index in [4.69, 9.17) is 10.00 Å². The number of thiophene rings is 1. The third-order valence-corrected chi connectivity index (χ3v) is 4.29. The maximum atomic E-state index is 11.9. The predicted molar refractivity (Wildman–Crippen MR) is 74.4 cm³/mol. The van der Waals surface area contributed by atoms with Gasteiger partial charge in [-0.1, -0.05) is 0 Å². The Bertz CT molecular complexity index is 513. The van der Waals surface area contributed by atoms with E-state index in [0.717, 1.165) is 17.0 Å². The number of amides is 1. The summed E-state index contributed by atoms with van der Waals surface area (Å²) in [4.78, 5) is 13.0. The highest BCUT2D eigenvalue weighted by Crippen LogP contribution is 2.31. The van der Waals surface area contributed by atoms with Gasteiger partial charge in [0.05, 0.1) is 24.7 Å². The quantitative estimate of drug-likeness (QED) is 0.880. The minimum Gasteiger partial charge on any atom is -0.375 e. The van der Waals surface area contributed by atoms with Gasteiger partial charge < -0.3 is 15.4 Å². The molecule has 0 aromatic carbocycles. The highest BCUT2D eigenvalue weighted by atomic mass is 32.1. The van der Waals surface area contributed by atoms with E-state index in [-0.39, 0.29) is 12.0 Å². The summed E-state index contributed by atoms with van der Waals surface area (Å²) >= 11 is 1.45. The number of carbonyl (C=O) groups excluding carboxylic acids is 1. The monoisotopic (exact) mass is 279 g/mol. The summed E-state index contributed by atoms with van der Waals surface area (Å²) in [5.41, 5.74) is 1.51. The number of nitriles is 1. The third kappa shape index (κ3) is 3.32. The fourth-order valence-corrected chi connectivity index (χ4v) is 3.01. The molecule has 1 aromatic rings. The molecule has 1 fully saturated rings. The number of aryl methyl sites for hydroxylation is 1. The van der Waals surface area contributed by atoms with E-state index in [1.165, 1.54) is 11.3 Å². The highest BCUT2D eigenvalue weighted by molar-refractivity contribution is 7.16. The number of hydrogen-bond donors (Lipinski definition) is 2. The van der Waals surface area contributed by atoms with Gasteiger partial charge in [-0.15, -0.1) is 11.3 Å². The minimum absolute atomic E-state index is 0.0820. The van der Waals surface area contributed by atoms with E-state index in [1.807, 2.05) is 13.8 Å². The van der Waals surface area contributed by atoms with Gasteiger partial charge in [-0.05, 0) is 19.4 Å². The van der Waals surface area contributed by atoms with Crippen LogP contribution in [-0.4, -0.2) is 31.7 Å². The first-order valence-electron chi connectivity index (χ1n) is 6.24. The second-order valence-electron chi connectivity index (χ2n) is 4.55. The standard InChI is InChI=1S/C13H17N3O2S/c1-8-9(2)19-13(11(8)6-14)16-12(17)5-10-7-15-3-4-18-10/h10,15H,3-5,7H2,1-2H3,(H,16,17). The molecular weight excluding hydrogens is 262 g/mol. The second kappa shape index (κ2) is 6.15. The van der Waals surface area contributed by atoms with Crippen molar-refractivity contribution in [2.75, 3.05) is 25.0 Å². The van der Waals surface area contributed by atoms with Crippen LogP contribution in [0.25, 0.3) is 0 Å². The van der Waals surface area contributed by atoms with Crippen LogP contribution in [0.4, 0.5) is 5.00 Å². The molecular formula is C13H17N3O2S. The number of nitrogens with zero attached hydrogens (tertiary/aromatic N) is 1. The van der Waals surface area contributed by atoms with Gasteiger partial charge in [0.15, 0.2) is 0 Å². The number of ether oxygens (including phenoxy) is 1. The molecule has 102 valence electrons. The Morgan fingerprint density at radius 3 is 3.05 bits per heavy atom. The molecule has 1 amide bonds. The van der Waals surface area contributed by atoms with Gasteiger partial charge in [0, 0.05) is 18.0 Å². The molecule has 5 nitrogen and oxygen atoms in total. The van der Waals surface area contributed by atoms with Gasteiger partial charge in [-0.3, -0.25) is 4.79 Å². The van der Waals surface area contributed by atoms with Gasteiger partial charge in [0.25, 0.3) is 0 Å². The smallest absolute Gasteiger partial charge is 0.227 e. The first kappa shape index (κ1) is 14.0. The molecule has 2 N–H and O–H groups in total. The van der Waals surface area contributed by atoms with Crippen molar-refractivity contribution >= 4 is 22.2 Å². The van der Waals surface area contributed by atoms with E-state index in [0.29, 0.717) is 30.1 Å². The zero-order valence-corrected chi connectivity index (χ0v) is 11.9. The van der Waals surface area contributed by atoms with Gasteiger partial charge in [0.2, 0.25) is 5.91 Å². The molecule has 2 rings (SSSR count). The fourth-order valence-electron chi connectivity index (χ4n) is 1.98. The minimum atomic E-state index is -0.105. The Balaban J connectivity index is 1.99. The van der Waals surface area contributed by atoms with Crippen molar-refractivity contribution in [1.29, 1.82) is 5.26 Å². The molecule has 1 atom stereocenters. The van der Waals surface area contributed by atoms with Crippen LogP contribution in [0.15, 0.2) is 0 Å². The van der Waals surface area contributed by atoms with Gasteiger partial charge in [-0.25, -0.2) is 0 Å². The molecule has 1 aliphatic heterocycles. The summed E-state index contributed by atoms with van der Waals surface area (Å²) in [6, 6.07) is 2.15. The largest absolute Gasteiger partial charge is 0.375 e. The first-order chi connectivity index (χ1) is 9.11. The first-order valence-corrected chi connectivity index (χ1v) is 7.05. The summed E-state index contributed by atoms with van der Waals surface area (Å²) in [6.45, 7) is 6.01. The molecule has 0 spiro atoms. The Morgan fingerprint density at radius 2 is 2.42 bits per heavy atom. The molecule has 6 heteroatoms. The Hall–Kier alpha value is -1.42. The number of nitrogens with one attached hydrogen (secondary N) is 2. The van der Waals surface area contributed by atoms with E-state index < -0.39 is 0 Å². The van der Waals surface area contributed by atoms with E-state index in [9.17, 15) is 4.79 Å². The van der Waals surface area contributed by atoms with Crippen LogP contribution in [0, 0.1) is 25.2 Å². The average Bonchev–Trinajstić information content (AvgIpc) is 2.65.